The third kappa shape index (κ3) is 0.788. The lowest BCUT2D eigenvalue weighted by atomic mass is 10.5. The molecular formula is C4H7N3O. The first-order valence-electron chi connectivity index (χ1n) is 2.26. The Labute approximate surface area is 46.7 Å². The fourth-order valence-corrected chi connectivity index (χ4v) is 0.510. The Kier molecular flexibility index (Phi) is 1.17. The Morgan fingerprint density at radius 2 is 2.62 bits per heavy atom. The molecule has 8 heavy (non-hydrogen) atoms. The van der Waals surface area contributed by atoms with E-state index in [2.05, 4.69) is 10.6 Å². The Hall–Kier alpha value is -1.03. The average molecular weight is 113 g/mol. The minimum absolute atomic E-state index is 0.296. The van der Waals surface area contributed by atoms with Crippen molar-refractivity contribution in [3.8, 4) is 0 Å². The second kappa shape index (κ2) is 1.83. The summed E-state index contributed by atoms with van der Waals surface area (Å²) in [7, 11) is 0. The van der Waals surface area contributed by atoms with Gasteiger partial charge >= 0.3 is 0 Å². The van der Waals surface area contributed by atoms with Gasteiger partial charge in [0.1, 0.15) is 6.29 Å². The van der Waals surface area contributed by atoms with Gasteiger partial charge in [0, 0.05) is 6.20 Å². The molecule has 44 valence electrons. The van der Waals surface area contributed by atoms with Crippen molar-refractivity contribution in [2.24, 2.45) is 5.73 Å². The fraction of sp³-hybridized carbons (Fsp3) is 0.250. The summed E-state index contributed by atoms with van der Waals surface area (Å²) in [5.74, 6) is 0. The van der Waals surface area contributed by atoms with Crippen molar-refractivity contribution in [3.05, 3.63) is 11.9 Å². The van der Waals surface area contributed by atoms with Gasteiger partial charge in [-0.2, -0.15) is 0 Å². The third-order valence-corrected chi connectivity index (χ3v) is 0.868. The molecule has 0 aromatic rings. The third-order valence-electron chi connectivity index (χ3n) is 0.868. The number of carbonyl (C=O) groups is 1. The Bertz CT molecular complexity index is 131. The van der Waals surface area contributed by atoms with Crippen LogP contribution in [-0.4, -0.2) is 12.6 Å². The van der Waals surface area contributed by atoms with Crippen LogP contribution in [0.4, 0.5) is 0 Å². The molecule has 1 heterocycles. The molecule has 4 nitrogen and oxygen atoms in total. The van der Waals surface area contributed by atoms with E-state index >= 15 is 0 Å². The zero-order chi connectivity index (χ0) is 5.98. The quantitative estimate of drug-likeness (QED) is 0.360. The van der Waals surface area contributed by atoms with Gasteiger partial charge in [0.05, 0.1) is 5.70 Å². The molecule has 0 fully saturated rings. The summed E-state index contributed by atoms with van der Waals surface area (Å²) >= 11 is 0. The Balaban J connectivity index is 2.49. The van der Waals surface area contributed by atoms with E-state index in [1.165, 1.54) is 6.20 Å². The Morgan fingerprint density at radius 1 is 1.88 bits per heavy atom. The van der Waals surface area contributed by atoms with Crippen LogP contribution in [0.5, 0.6) is 0 Å². The maximum absolute atomic E-state index is 9.93. The number of carbonyl (C=O) groups excluding carboxylic acids is 1. The summed E-state index contributed by atoms with van der Waals surface area (Å²) in [6.07, 6.45) is 1.95. The number of rotatable bonds is 1. The normalized spacial score (nSPS) is 25.6. The van der Waals surface area contributed by atoms with Gasteiger partial charge in [-0.1, -0.05) is 0 Å². The molecule has 0 aromatic heterocycles. The lowest BCUT2D eigenvalue weighted by Crippen LogP contribution is -2.40. The van der Waals surface area contributed by atoms with E-state index in [1.807, 2.05) is 0 Å². The number of allylic oxidation sites excluding steroid dienone is 1. The van der Waals surface area contributed by atoms with Gasteiger partial charge < -0.3 is 10.6 Å². The molecule has 0 radical (unpaired) electrons. The lowest BCUT2D eigenvalue weighted by molar-refractivity contribution is -0.105. The average Bonchev–Trinajstić information content (AvgIpc) is 2.14. The van der Waals surface area contributed by atoms with E-state index in [0.717, 1.165) is 0 Å². The van der Waals surface area contributed by atoms with Crippen LogP contribution in [0.2, 0.25) is 0 Å². The molecule has 4 heteroatoms. The molecule has 1 aliphatic rings. The standard InChI is InChI=1S/C4H7N3O/c5-4-6-1-3(2-8)7-4/h1-2,4,6-7H,5H2. The summed E-state index contributed by atoms with van der Waals surface area (Å²) in [5, 5.41) is 5.36. The number of hydrogen-bond donors (Lipinski definition) is 3. The highest BCUT2D eigenvalue weighted by atomic mass is 16.1. The first-order chi connectivity index (χ1) is 3.83. The molecule has 4 N–H and O–H groups in total. The summed E-state index contributed by atoms with van der Waals surface area (Å²) in [6, 6.07) is 0. The maximum Gasteiger partial charge on any atom is 0.167 e. The van der Waals surface area contributed by atoms with Gasteiger partial charge in [0.15, 0.2) is 6.29 Å². The van der Waals surface area contributed by atoms with Crippen LogP contribution in [0.15, 0.2) is 11.9 Å². The van der Waals surface area contributed by atoms with E-state index in [0.29, 0.717) is 12.0 Å². The molecule has 0 bridgehead atoms. The molecule has 1 unspecified atom stereocenters. The zero-order valence-electron chi connectivity index (χ0n) is 4.22. The predicted octanol–water partition coefficient (Wildman–Crippen LogP) is -1.54. The van der Waals surface area contributed by atoms with Gasteiger partial charge in [-0.3, -0.25) is 10.5 Å². The van der Waals surface area contributed by atoms with Gasteiger partial charge in [-0.25, -0.2) is 0 Å². The molecule has 1 atom stereocenters. The summed E-state index contributed by atoms with van der Waals surface area (Å²) in [5.41, 5.74) is 5.77. The molecule has 0 aromatic carbocycles. The van der Waals surface area contributed by atoms with E-state index in [1.54, 1.807) is 0 Å². The highest BCUT2D eigenvalue weighted by Crippen LogP contribution is 1.87. The van der Waals surface area contributed by atoms with Crippen molar-refractivity contribution < 1.29 is 4.79 Å². The second-order valence-corrected chi connectivity index (χ2v) is 1.51. The minimum Gasteiger partial charge on any atom is -0.357 e. The summed E-state index contributed by atoms with van der Waals surface area (Å²) in [6.45, 7) is 0. The largest absolute Gasteiger partial charge is 0.357 e. The number of aldehydes is 1. The second-order valence-electron chi connectivity index (χ2n) is 1.51. The summed E-state index contributed by atoms with van der Waals surface area (Å²) < 4.78 is 0. The van der Waals surface area contributed by atoms with Crippen LogP contribution in [-0.2, 0) is 4.79 Å². The molecule has 0 spiro atoms. The maximum atomic E-state index is 9.93. The van der Waals surface area contributed by atoms with Gasteiger partial charge in [-0.05, 0) is 0 Å². The number of nitrogens with one attached hydrogen (secondary N) is 2. The van der Waals surface area contributed by atoms with E-state index in [-0.39, 0.29) is 6.29 Å². The lowest BCUT2D eigenvalue weighted by Gasteiger charge is -2.02. The molecule has 0 saturated carbocycles. The van der Waals surface area contributed by atoms with Crippen LogP contribution in [0, 0.1) is 0 Å². The molecule has 0 aliphatic carbocycles. The van der Waals surface area contributed by atoms with Crippen LogP contribution in [0.3, 0.4) is 0 Å². The van der Waals surface area contributed by atoms with E-state index in [9.17, 15) is 4.79 Å². The fourth-order valence-electron chi connectivity index (χ4n) is 0.510. The van der Waals surface area contributed by atoms with Gasteiger partial charge in [0.2, 0.25) is 0 Å². The predicted molar refractivity (Wildman–Crippen MR) is 28.4 cm³/mol. The summed E-state index contributed by atoms with van der Waals surface area (Å²) in [4.78, 5) is 9.93. The van der Waals surface area contributed by atoms with Gasteiger partial charge in [0.25, 0.3) is 0 Å². The number of hydrogen-bond acceptors (Lipinski definition) is 4. The van der Waals surface area contributed by atoms with Crippen LogP contribution in [0.1, 0.15) is 0 Å². The van der Waals surface area contributed by atoms with Crippen molar-refractivity contribution in [1.82, 2.24) is 10.6 Å². The van der Waals surface area contributed by atoms with E-state index in [4.69, 9.17) is 5.73 Å². The molecule has 1 aliphatic heterocycles. The van der Waals surface area contributed by atoms with Crippen molar-refractivity contribution in [2.45, 2.75) is 6.29 Å². The van der Waals surface area contributed by atoms with Crippen molar-refractivity contribution in [1.29, 1.82) is 0 Å². The van der Waals surface area contributed by atoms with Crippen molar-refractivity contribution >= 4 is 6.29 Å². The minimum atomic E-state index is -0.296. The van der Waals surface area contributed by atoms with Crippen LogP contribution < -0.4 is 16.4 Å². The van der Waals surface area contributed by atoms with Crippen LogP contribution in [0.25, 0.3) is 0 Å². The first kappa shape index (κ1) is 5.11. The molecular weight excluding hydrogens is 106 g/mol. The molecule has 0 saturated heterocycles. The van der Waals surface area contributed by atoms with Crippen LogP contribution >= 0.6 is 0 Å². The van der Waals surface area contributed by atoms with Crippen molar-refractivity contribution in [3.63, 3.8) is 0 Å². The molecule has 0 amide bonds. The topological polar surface area (TPSA) is 67.1 Å². The highest BCUT2D eigenvalue weighted by Gasteiger charge is 2.06. The van der Waals surface area contributed by atoms with Gasteiger partial charge in [-0.15, -0.1) is 0 Å². The van der Waals surface area contributed by atoms with E-state index < -0.39 is 0 Å². The zero-order valence-corrected chi connectivity index (χ0v) is 4.22. The molecule has 1 rings (SSSR count). The highest BCUT2D eigenvalue weighted by molar-refractivity contribution is 5.72. The Morgan fingerprint density at radius 3 is 2.88 bits per heavy atom. The monoisotopic (exact) mass is 113 g/mol. The number of nitrogens with two attached hydrogens (primary N) is 1. The smallest absolute Gasteiger partial charge is 0.167 e. The first-order valence-corrected chi connectivity index (χ1v) is 2.26. The van der Waals surface area contributed by atoms with Crippen molar-refractivity contribution in [2.75, 3.05) is 0 Å². The SMILES string of the molecule is NC1NC=C(C=O)N1.